The van der Waals surface area contributed by atoms with Crippen LogP contribution in [0.3, 0.4) is 0 Å². The molecule has 0 aliphatic carbocycles. The number of hydrogen-bond acceptors (Lipinski definition) is 1. The van der Waals surface area contributed by atoms with E-state index < -0.39 is 5.60 Å². The van der Waals surface area contributed by atoms with E-state index in [1.165, 1.54) is 11.1 Å². The molecule has 3 N–H and O–H groups in total. The highest BCUT2D eigenvalue weighted by Gasteiger charge is 2.52. The van der Waals surface area contributed by atoms with E-state index in [4.69, 9.17) is 23.2 Å². The molecule has 0 aromatic heterocycles. The zero-order valence-corrected chi connectivity index (χ0v) is 17.1. The summed E-state index contributed by atoms with van der Waals surface area (Å²) in [5.74, 6) is 0.316. The van der Waals surface area contributed by atoms with Crippen LogP contribution in [0.5, 0.6) is 0 Å². The fourth-order valence-electron chi connectivity index (χ4n) is 4.48. The van der Waals surface area contributed by atoms with Gasteiger partial charge in [0.25, 0.3) is 0 Å². The molecule has 2 aromatic rings. The third kappa shape index (κ3) is 3.80. The van der Waals surface area contributed by atoms with Gasteiger partial charge in [-0.25, -0.2) is 0 Å². The second kappa shape index (κ2) is 7.90. The molecule has 0 unspecified atom stereocenters. The summed E-state index contributed by atoms with van der Waals surface area (Å²) in [6.07, 6.45) is 2.05. The number of nitrogens with two attached hydrogens (primary N) is 1. The normalized spacial score (nSPS) is 31.8. The number of aliphatic hydroxyl groups is 1. The van der Waals surface area contributed by atoms with Crippen molar-refractivity contribution in [3.63, 3.8) is 0 Å². The van der Waals surface area contributed by atoms with Gasteiger partial charge in [0.1, 0.15) is 12.1 Å². The van der Waals surface area contributed by atoms with Crippen molar-refractivity contribution in [1.29, 1.82) is 0 Å². The van der Waals surface area contributed by atoms with Gasteiger partial charge in [-0.2, -0.15) is 0 Å². The van der Waals surface area contributed by atoms with Crippen LogP contribution in [0.2, 0.25) is 10.0 Å². The van der Waals surface area contributed by atoms with E-state index in [9.17, 15) is 5.11 Å². The Morgan fingerprint density at radius 1 is 0.923 bits per heavy atom. The predicted molar refractivity (Wildman–Crippen MR) is 108 cm³/mol. The van der Waals surface area contributed by atoms with E-state index in [1.54, 1.807) is 0 Å². The monoisotopic (exact) mass is 392 g/mol. The second-order valence-corrected chi connectivity index (χ2v) is 8.63. The van der Waals surface area contributed by atoms with E-state index in [2.05, 4.69) is 43.4 Å². The first-order valence-electron chi connectivity index (χ1n) is 9.43. The summed E-state index contributed by atoms with van der Waals surface area (Å²) in [7, 11) is 0. The lowest BCUT2D eigenvalue weighted by Gasteiger charge is -2.49. The van der Waals surface area contributed by atoms with Crippen molar-refractivity contribution in [2.75, 3.05) is 0 Å². The van der Waals surface area contributed by atoms with Gasteiger partial charge in [0, 0.05) is 33.0 Å². The molecular weight excluding hydrogens is 365 g/mol. The zero-order chi connectivity index (χ0) is 18.9. The van der Waals surface area contributed by atoms with Gasteiger partial charge in [0.05, 0.1) is 5.60 Å². The molecule has 1 fully saturated rings. The highest BCUT2D eigenvalue weighted by molar-refractivity contribution is 6.30. The Labute approximate surface area is 166 Å². The Hall–Kier alpha value is -1.06. The number of piperidine rings is 1. The van der Waals surface area contributed by atoms with Gasteiger partial charge in [-0.3, -0.25) is 0 Å². The van der Waals surface area contributed by atoms with Crippen LogP contribution in [0.4, 0.5) is 0 Å². The largest absolute Gasteiger partial charge is 0.389 e. The van der Waals surface area contributed by atoms with Crippen LogP contribution >= 0.6 is 23.2 Å². The van der Waals surface area contributed by atoms with E-state index in [-0.39, 0.29) is 23.9 Å². The summed E-state index contributed by atoms with van der Waals surface area (Å²) < 4.78 is 0. The first kappa shape index (κ1) is 19.7. The summed E-state index contributed by atoms with van der Waals surface area (Å²) in [6.45, 7) is 6.36. The van der Waals surface area contributed by atoms with Crippen LogP contribution in [0, 0.1) is 11.8 Å². The molecule has 1 aliphatic rings. The molecule has 1 aliphatic heterocycles. The van der Waals surface area contributed by atoms with Gasteiger partial charge in [-0.1, -0.05) is 67.7 Å². The molecule has 2 nitrogen and oxygen atoms in total. The van der Waals surface area contributed by atoms with Crippen LogP contribution in [-0.2, 0) is 0 Å². The first-order chi connectivity index (χ1) is 12.3. The van der Waals surface area contributed by atoms with Gasteiger partial charge < -0.3 is 10.4 Å². The number of rotatable bonds is 4. The third-order valence-corrected chi connectivity index (χ3v) is 6.67. The molecule has 0 radical (unpaired) electrons. The third-order valence-electron chi connectivity index (χ3n) is 6.17. The average molecular weight is 393 g/mol. The minimum Gasteiger partial charge on any atom is -0.389 e. The van der Waals surface area contributed by atoms with Crippen molar-refractivity contribution in [3.05, 3.63) is 69.7 Å². The lowest BCUT2D eigenvalue weighted by atomic mass is 9.65. The van der Waals surface area contributed by atoms with Crippen LogP contribution in [0.15, 0.2) is 48.5 Å². The first-order valence-corrected chi connectivity index (χ1v) is 10.2. The Balaban J connectivity index is 2.01. The van der Waals surface area contributed by atoms with Gasteiger partial charge in [-0.15, -0.1) is 0 Å². The van der Waals surface area contributed by atoms with Crippen LogP contribution in [0.1, 0.15) is 56.8 Å². The number of benzene rings is 2. The Morgan fingerprint density at radius 3 is 1.85 bits per heavy atom. The summed E-state index contributed by atoms with van der Waals surface area (Å²) in [4.78, 5) is 0. The minimum absolute atomic E-state index is 0.128. The minimum atomic E-state index is -0.751. The lowest BCUT2D eigenvalue weighted by Crippen LogP contribution is -2.93. The van der Waals surface area contributed by atoms with Crippen molar-refractivity contribution in [2.24, 2.45) is 11.8 Å². The van der Waals surface area contributed by atoms with Crippen molar-refractivity contribution >= 4 is 23.2 Å². The SMILES string of the molecule is CCC[C@H]1[C@H](c2ccc(Cl)cc2)[NH2+][C@H](c2ccc(Cl)cc2)[C@H](C)[C@@]1(C)O. The molecule has 0 amide bonds. The van der Waals surface area contributed by atoms with Crippen molar-refractivity contribution in [1.82, 2.24) is 0 Å². The molecule has 0 bridgehead atoms. The smallest absolute Gasteiger partial charge is 0.118 e. The quantitative estimate of drug-likeness (QED) is 0.740. The zero-order valence-electron chi connectivity index (χ0n) is 15.6. The van der Waals surface area contributed by atoms with Crippen LogP contribution in [-0.4, -0.2) is 10.7 Å². The summed E-state index contributed by atoms with van der Waals surface area (Å²) in [5.41, 5.74) is 1.68. The Bertz CT molecular complexity index is 727. The summed E-state index contributed by atoms with van der Waals surface area (Å²) >= 11 is 12.2. The van der Waals surface area contributed by atoms with E-state index in [0.717, 1.165) is 22.9 Å². The maximum absolute atomic E-state index is 11.5. The molecule has 4 heteroatoms. The van der Waals surface area contributed by atoms with Crippen molar-refractivity contribution in [3.8, 4) is 0 Å². The molecule has 140 valence electrons. The van der Waals surface area contributed by atoms with Crippen LogP contribution < -0.4 is 5.32 Å². The van der Waals surface area contributed by atoms with Gasteiger partial charge in [0.2, 0.25) is 0 Å². The number of quaternary nitrogens is 1. The Kier molecular flexibility index (Phi) is 5.98. The molecule has 1 heterocycles. The van der Waals surface area contributed by atoms with E-state index in [0.29, 0.717) is 0 Å². The molecular formula is C22H28Cl2NO+. The molecule has 3 rings (SSSR count). The summed E-state index contributed by atoms with van der Waals surface area (Å²) in [5, 5.41) is 15.4. The molecule has 0 spiro atoms. The Morgan fingerprint density at radius 2 is 1.38 bits per heavy atom. The molecule has 26 heavy (non-hydrogen) atoms. The second-order valence-electron chi connectivity index (χ2n) is 7.76. The number of halogens is 2. The highest BCUT2D eigenvalue weighted by Crippen LogP contribution is 2.44. The predicted octanol–water partition coefficient (Wildman–Crippen LogP) is 5.16. The molecule has 1 saturated heterocycles. The highest BCUT2D eigenvalue weighted by atomic mass is 35.5. The lowest BCUT2D eigenvalue weighted by molar-refractivity contribution is -0.764. The van der Waals surface area contributed by atoms with Crippen LogP contribution in [0.25, 0.3) is 0 Å². The van der Waals surface area contributed by atoms with E-state index >= 15 is 0 Å². The standard InChI is InChI=1S/C22H27Cl2NO/c1-4-5-19-21(16-8-12-18(24)13-9-16)25-20(14(2)22(19,3)26)15-6-10-17(23)11-7-15/h6-14,19-21,25-26H,4-5H2,1-3H3/p+1/t14-,19-,20-,21-,22+/m0/s1. The van der Waals surface area contributed by atoms with Crippen molar-refractivity contribution in [2.45, 2.75) is 51.3 Å². The average Bonchev–Trinajstić information content (AvgIpc) is 2.62. The van der Waals surface area contributed by atoms with Crippen molar-refractivity contribution < 1.29 is 10.4 Å². The van der Waals surface area contributed by atoms with Gasteiger partial charge in [-0.05, 0) is 37.6 Å². The fourth-order valence-corrected chi connectivity index (χ4v) is 4.74. The van der Waals surface area contributed by atoms with E-state index in [1.807, 2.05) is 31.2 Å². The maximum Gasteiger partial charge on any atom is 0.118 e. The van der Waals surface area contributed by atoms with Gasteiger partial charge >= 0.3 is 0 Å². The summed E-state index contributed by atoms with van der Waals surface area (Å²) in [6, 6.07) is 16.5. The molecule has 0 saturated carbocycles. The topological polar surface area (TPSA) is 36.8 Å². The van der Waals surface area contributed by atoms with Gasteiger partial charge in [0.15, 0.2) is 0 Å². The number of hydrogen-bond donors (Lipinski definition) is 2. The molecule has 5 atom stereocenters. The maximum atomic E-state index is 11.5. The molecule has 2 aromatic carbocycles. The fraction of sp³-hybridized carbons (Fsp3) is 0.455.